The molecule has 0 bridgehead atoms. The first-order valence-electron chi connectivity index (χ1n) is 4.62. The molecule has 0 radical (unpaired) electrons. The van der Waals surface area contributed by atoms with Gasteiger partial charge in [-0.05, 0) is 36.7 Å². The van der Waals surface area contributed by atoms with E-state index in [4.69, 9.17) is 0 Å². The lowest BCUT2D eigenvalue weighted by molar-refractivity contribution is 0.0996. The van der Waals surface area contributed by atoms with Crippen LogP contribution in [0.3, 0.4) is 0 Å². The Labute approximate surface area is 92.0 Å². The van der Waals surface area contributed by atoms with Crippen molar-refractivity contribution in [2.24, 2.45) is 0 Å². The molecular weight excluding hydrogens is 208 g/mol. The highest BCUT2D eigenvalue weighted by Crippen LogP contribution is 2.12. The third-order valence-electron chi connectivity index (χ3n) is 1.97. The number of aryl methyl sites for hydroxylation is 1. The molecule has 0 spiro atoms. The summed E-state index contributed by atoms with van der Waals surface area (Å²) < 4.78 is 4.08. The van der Waals surface area contributed by atoms with Gasteiger partial charge in [0.2, 0.25) is 0 Å². The second-order valence-electron chi connectivity index (χ2n) is 3.25. The van der Waals surface area contributed by atoms with Gasteiger partial charge < -0.3 is 0 Å². The van der Waals surface area contributed by atoms with Crippen molar-refractivity contribution in [3.8, 4) is 0 Å². The molecule has 0 saturated heterocycles. The summed E-state index contributed by atoms with van der Waals surface area (Å²) in [5, 5.41) is 0. The summed E-state index contributed by atoms with van der Waals surface area (Å²) in [5.41, 5.74) is 1.69. The maximum atomic E-state index is 11.8. The number of rotatable bonds is 3. The lowest BCUT2D eigenvalue weighted by Gasteiger charge is -1.96. The number of Topliss-reactive ketones (excluding diaryl/α,β-unsaturated/α-hetero) is 1. The Bertz CT molecular complexity index is 464. The van der Waals surface area contributed by atoms with E-state index >= 15 is 0 Å². The van der Waals surface area contributed by atoms with E-state index in [9.17, 15) is 4.79 Å². The largest absolute Gasteiger partial charge is 0.293 e. The minimum Gasteiger partial charge on any atom is -0.293 e. The highest BCUT2D eigenvalue weighted by molar-refractivity contribution is 7.08. The van der Waals surface area contributed by atoms with Gasteiger partial charge in [0, 0.05) is 11.9 Å². The predicted octanol–water partition coefficient (Wildman–Crippen LogP) is 2.27. The lowest BCUT2D eigenvalue weighted by atomic mass is 10.2. The molecule has 0 aliphatic rings. The summed E-state index contributed by atoms with van der Waals surface area (Å²) in [7, 11) is 0. The predicted molar refractivity (Wildman–Crippen MR) is 59.1 cm³/mol. The van der Waals surface area contributed by atoms with Gasteiger partial charge in [0.15, 0.2) is 5.78 Å². The summed E-state index contributed by atoms with van der Waals surface area (Å²) >= 11 is 1.25. The van der Waals surface area contributed by atoms with E-state index in [1.807, 2.05) is 31.2 Å². The zero-order chi connectivity index (χ0) is 10.7. The van der Waals surface area contributed by atoms with Gasteiger partial charge in [-0.1, -0.05) is 6.07 Å². The van der Waals surface area contributed by atoms with Crippen molar-refractivity contribution in [1.82, 2.24) is 9.36 Å². The fourth-order valence-electron chi connectivity index (χ4n) is 1.25. The molecule has 2 rings (SSSR count). The molecule has 0 amide bonds. The Morgan fingerprint density at radius 3 is 2.93 bits per heavy atom. The molecule has 4 heteroatoms. The van der Waals surface area contributed by atoms with E-state index in [2.05, 4.69) is 9.36 Å². The second-order valence-corrected chi connectivity index (χ2v) is 4.06. The standard InChI is InChI=1S/C11H10N2OS/c1-8-6-11(15-13-8)10(14)7-9-4-2-3-5-12-9/h2-6H,7H2,1H3. The van der Waals surface area contributed by atoms with Crippen LogP contribution >= 0.6 is 11.5 Å². The Morgan fingerprint density at radius 2 is 2.33 bits per heavy atom. The topological polar surface area (TPSA) is 42.9 Å². The van der Waals surface area contributed by atoms with Gasteiger partial charge in [0.05, 0.1) is 17.0 Å². The van der Waals surface area contributed by atoms with E-state index in [0.29, 0.717) is 11.3 Å². The Balaban J connectivity index is 2.11. The number of nitrogens with zero attached hydrogens (tertiary/aromatic N) is 2. The Hall–Kier alpha value is -1.55. The number of ketones is 1. The van der Waals surface area contributed by atoms with Gasteiger partial charge in [-0.2, -0.15) is 4.37 Å². The monoisotopic (exact) mass is 218 g/mol. The first-order chi connectivity index (χ1) is 7.25. The molecule has 0 unspecified atom stereocenters. The number of hydrogen-bond acceptors (Lipinski definition) is 4. The third-order valence-corrected chi connectivity index (χ3v) is 2.89. The van der Waals surface area contributed by atoms with Crippen LogP contribution in [0.4, 0.5) is 0 Å². The van der Waals surface area contributed by atoms with Crippen molar-refractivity contribution in [2.75, 3.05) is 0 Å². The van der Waals surface area contributed by atoms with Gasteiger partial charge >= 0.3 is 0 Å². The first-order valence-corrected chi connectivity index (χ1v) is 5.39. The van der Waals surface area contributed by atoms with Crippen LogP contribution in [-0.2, 0) is 6.42 Å². The van der Waals surface area contributed by atoms with E-state index in [-0.39, 0.29) is 5.78 Å². The van der Waals surface area contributed by atoms with Crippen molar-refractivity contribution >= 4 is 17.3 Å². The molecule has 2 aromatic heterocycles. The van der Waals surface area contributed by atoms with Crippen molar-refractivity contribution in [3.63, 3.8) is 0 Å². The van der Waals surface area contributed by atoms with Crippen molar-refractivity contribution < 1.29 is 4.79 Å². The number of carbonyl (C=O) groups excluding carboxylic acids is 1. The van der Waals surface area contributed by atoms with Crippen molar-refractivity contribution in [2.45, 2.75) is 13.3 Å². The van der Waals surface area contributed by atoms with Crippen LogP contribution in [0, 0.1) is 6.92 Å². The van der Waals surface area contributed by atoms with Gasteiger partial charge in [0.1, 0.15) is 0 Å². The van der Waals surface area contributed by atoms with E-state index in [0.717, 1.165) is 11.4 Å². The molecule has 0 saturated carbocycles. The summed E-state index contributed by atoms with van der Waals surface area (Å²) in [6, 6.07) is 7.39. The van der Waals surface area contributed by atoms with E-state index in [1.54, 1.807) is 6.20 Å². The van der Waals surface area contributed by atoms with Crippen molar-refractivity contribution in [1.29, 1.82) is 0 Å². The van der Waals surface area contributed by atoms with Gasteiger partial charge in [0.25, 0.3) is 0 Å². The van der Waals surface area contributed by atoms with Crippen LogP contribution in [0.2, 0.25) is 0 Å². The van der Waals surface area contributed by atoms with Gasteiger partial charge in [-0.15, -0.1) is 0 Å². The van der Waals surface area contributed by atoms with Crippen LogP contribution in [0.25, 0.3) is 0 Å². The normalized spacial score (nSPS) is 10.2. The summed E-state index contributed by atoms with van der Waals surface area (Å²) in [6.07, 6.45) is 2.04. The average Bonchev–Trinajstić information content (AvgIpc) is 2.66. The molecule has 0 aliphatic carbocycles. The molecule has 15 heavy (non-hydrogen) atoms. The minimum atomic E-state index is 0.0827. The number of hydrogen-bond donors (Lipinski definition) is 0. The van der Waals surface area contributed by atoms with E-state index in [1.165, 1.54) is 11.5 Å². The highest BCUT2D eigenvalue weighted by Gasteiger charge is 2.10. The summed E-state index contributed by atoms with van der Waals surface area (Å²) in [6.45, 7) is 1.88. The lowest BCUT2D eigenvalue weighted by Crippen LogP contribution is -2.02. The maximum Gasteiger partial charge on any atom is 0.180 e. The number of pyridine rings is 1. The van der Waals surface area contributed by atoms with Crippen molar-refractivity contribution in [3.05, 3.63) is 46.7 Å². The molecule has 2 aromatic rings. The second kappa shape index (κ2) is 4.31. The summed E-state index contributed by atoms with van der Waals surface area (Å²) in [5.74, 6) is 0.0827. The molecule has 0 N–H and O–H groups in total. The van der Waals surface area contributed by atoms with Crippen LogP contribution in [0.1, 0.15) is 21.1 Å². The third kappa shape index (κ3) is 2.47. The molecule has 76 valence electrons. The van der Waals surface area contributed by atoms with Gasteiger partial charge in [-0.25, -0.2) is 0 Å². The van der Waals surface area contributed by atoms with Crippen LogP contribution in [0.15, 0.2) is 30.5 Å². The van der Waals surface area contributed by atoms with Crippen LogP contribution in [-0.4, -0.2) is 15.1 Å². The molecule has 2 heterocycles. The highest BCUT2D eigenvalue weighted by atomic mass is 32.1. The molecule has 3 nitrogen and oxygen atoms in total. The maximum absolute atomic E-state index is 11.8. The number of carbonyl (C=O) groups is 1. The first kappa shape index (κ1) is 9.98. The molecule has 0 aliphatic heterocycles. The zero-order valence-electron chi connectivity index (χ0n) is 8.30. The molecule has 0 aromatic carbocycles. The Morgan fingerprint density at radius 1 is 1.47 bits per heavy atom. The van der Waals surface area contributed by atoms with Crippen LogP contribution < -0.4 is 0 Å². The SMILES string of the molecule is Cc1cc(C(=O)Cc2ccccn2)sn1. The fraction of sp³-hybridized carbons (Fsp3) is 0.182. The smallest absolute Gasteiger partial charge is 0.180 e. The zero-order valence-corrected chi connectivity index (χ0v) is 9.12. The fourth-order valence-corrected chi connectivity index (χ4v) is 1.94. The molecule has 0 fully saturated rings. The van der Waals surface area contributed by atoms with Crippen LogP contribution in [0.5, 0.6) is 0 Å². The molecular formula is C11H10N2OS. The number of aromatic nitrogens is 2. The summed E-state index contributed by atoms with van der Waals surface area (Å²) in [4.78, 5) is 16.6. The minimum absolute atomic E-state index is 0.0827. The van der Waals surface area contributed by atoms with Gasteiger partial charge in [-0.3, -0.25) is 9.78 Å². The Kier molecular flexibility index (Phi) is 2.87. The quantitative estimate of drug-likeness (QED) is 0.742. The molecule has 0 atom stereocenters. The van der Waals surface area contributed by atoms with E-state index < -0.39 is 0 Å². The average molecular weight is 218 g/mol.